The van der Waals surface area contributed by atoms with Crippen molar-refractivity contribution in [3.05, 3.63) is 41.7 Å². The first-order chi connectivity index (χ1) is 13.0. The van der Waals surface area contributed by atoms with Crippen LogP contribution in [0, 0.1) is 0 Å². The second-order valence-electron chi connectivity index (χ2n) is 6.01. The summed E-state index contributed by atoms with van der Waals surface area (Å²) in [5, 5.41) is 15.9. The lowest BCUT2D eigenvalue weighted by molar-refractivity contribution is -0.133. The highest BCUT2D eigenvalue weighted by atomic mass is 16.5. The Morgan fingerprint density at radius 1 is 1.15 bits per heavy atom. The zero-order valence-electron chi connectivity index (χ0n) is 14.7. The Labute approximate surface area is 154 Å². The summed E-state index contributed by atoms with van der Waals surface area (Å²) in [7, 11) is 1.54. The molecular formula is C17H19N5O5. The van der Waals surface area contributed by atoms with Crippen molar-refractivity contribution in [1.29, 1.82) is 0 Å². The summed E-state index contributed by atoms with van der Waals surface area (Å²) in [6, 6.07) is 6.94. The number of carboxylic acids is 1. The molecule has 3 rings (SSSR count). The van der Waals surface area contributed by atoms with E-state index >= 15 is 0 Å². The van der Waals surface area contributed by atoms with E-state index in [1.807, 2.05) is 0 Å². The number of methoxy groups -OCH3 is 1. The minimum Gasteiger partial charge on any atom is -0.497 e. The molecule has 0 spiro atoms. The number of aromatic carboxylic acids is 1. The molecule has 0 unspecified atom stereocenters. The number of carboxylic acid groups (broad SMARTS) is 1. The second-order valence-corrected chi connectivity index (χ2v) is 6.01. The number of ether oxygens (including phenoxy) is 1. The molecule has 0 radical (unpaired) electrons. The van der Waals surface area contributed by atoms with E-state index in [0.29, 0.717) is 37.5 Å². The Balaban J connectivity index is 1.55. The molecule has 2 amide bonds. The first kappa shape index (κ1) is 18.4. The highest BCUT2D eigenvalue weighted by Gasteiger charge is 2.25. The maximum atomic E-state index is 12.6. The Morgan fingerprint density at radius 2 is 1.85 bits per heavy atom. The summed E-state index contributed by atoms with van der Waals surface area (Å²) in [5.41, 5.74) is 0.328. The average Bonchev–Trinajstić information content (AvgIpc) is 3.16. The van der Waals surface area contributed by atoms with Crippen molar-refractivity contribution in [2.24, 2.45) is 0 Å². The van der Waals surface area contributed by atoms with E-state index in [0.717, 1.165) is 0 Å². The van der Waals surface area contributed by atoms with E-state index in [1.165, 1.54) is 10.9 Å². The van der Waals surface area contributed by atoms with Gasteiger partial charge in [-0.25, -0.2) is 9.48 Å². The van der Waals surface area contributed by atoms with Gasteiger partial charge in [0.05, 0.1) is 13.3 Å². The number of rotatable bonds is 5. The fourth-order valence-corrected chi connectivity index (χ4v) is 2.81. The topological polar surface area (TPSA) is 118 Å². The van der Waals surface area contributed by atoms with Gasteiger partial charge in [-0.2, -0.15) is 0 Å². The third kappa shape index (κ3) is 4.22. The lowest BCUT2D eigenvalue weighted by atomic mass is 10.1. The van der Waals surface area contributed by atoms with E-state index in [4.69, 9.17) is 9.84 Å². The van der Waals surface area contributed by atoms with E-state index in [1.54, 1.807) is 41.2 Å². The molecule has 2 aromatic rings. The number of hydrogen-bond acceptors (Lipinski definition) is 6. The SMILES string of the molecule is COc1cccc(C(=O)N2CCN(C(=O)Cn3cc(C(=O)O)nn3)CC2)c1. The Kier molecular flexibility index (Phi) is 5.34. The number of carbonyl (C=O) groups is 3. The van der Waals surface area contributed by atoms with Crippen molar-refractivity contribution >= 4 is 17.8 Å². The minimum atomic E-state index is -1.20. The number of aromatic nitrogens is 3. The predicted molar refractivity (Wildman–Crippen MR) is 92.5 cm³/mol. The third-order valence-corrected chi connectivity index (χ3v) is 4.29. The van der Waals surface area contributed by atoms with Crippen LogP contribution in [0.5, 0.6) is 5.75 Å². The summed E-state index contributed by atoms with van der Waals surface area (Å²) >= 11 is 0. The molecule has 10 nitrogen and oxygen atoms in total. The van der Waals surface area contributed by atoms with Gasteiger partial charge in [-0.3, -0.25) is 9.59 Å². The van der Waals surface area contributed by atoms with Crippen molar-refractivity contribution in [2.75, 3.05) is 33.3 Å². The van der Waals surface area contributed by atoms with E-state index in [9.17, 15) is 14.4 Å². The van der Waals surface area contributed by atoms with Crippen molar-refractivity contribution < 1.29 is 24.2 Å². The smallest absolute Gasteiger partial charge is 0.358 e. The molecular weight excluding hydrogens is 354 g/mol. The number of amides is 2. The van der Waals surface area contributed by atoms with Crippen LogP contribution in [0.3, 0.4) is 0 Å². The molecule has 0 bridgehead atoms. The summed E-state index contributed by atoms with van der Waals surface area (Å²) in [6.45, 7) is 1.53. The first-order valence-electron chi connectivity index (χ1n) is 8.32. The predicted octanol–water partition coefficient (Wildman–Crippen LogP) is -0.0305. The maximum absolute atomic E-state index is 12.6. The fraction of sp³-hybridized carbons (Fsp3) is 0.353. The van der Waals surface area contributed by atoms with Crippen LogP contribution < -0.4 is 4.74 Å². The van der Waals surface area contributed by atoms with Crippen LogP contribution in [0.25, 0.3) is 0 Å². The first-order valence-corrected chi connectivity index (χ1v) is 8.32. The molecule has 0 saturated carbocycles. The van der Waals surface area contributed by atoms with Crippen LogP contribution in [0.4, 0.5) is 0 Å². The zero-order valence-corrected chi connectivity index (χ0v) is 14.7. The van der Waals surface area contributed by atoms with Crippen LogP contribution in [0.15, 0.2) is 30.5 Å². The quantitative estimate of drug-likeness (QED) is 0.782. The van der Waals surface area contributed by atoms with Crippen LogP contribution >= 0.6 is 0 Å². The largest absolute Gasteiger partial charge is 0.497 e. The molecule has 1 fully saturated rings. The van der Waals surface area contributed by atoms with Gasteiger partial charge in [0.2, 0.25) is 5.91 Å². The highest BCUT2D eigenvalue weighted by molar-refractivity contribution is 5.94. The standard InChI is InChI=1S/C17H19N5O5/c1-27-13-4-2-3-12(9-13)16(24)21-7-5-20(6-8-21)15(23)11-22-10-14(17(25)26)18-19-22/h2-4,9-10H,5-8,11H2,1H3,(H,25,26). The monoisotopic (exact) mass is 373 g/mol. The van der Waals surface area contributed by atoms with Crippen molar-refractivity contribution in [3.8, 4) is 5.75 Å². The van der Waals surface area contributed by atoms with Crippen LogP contribution in [0.1, 0.15) is 20.8 Å². The lowest BCUT2D eigenvalue weighted by Crippen LogP contribution is -2.51. The molecule has 142 valence electrons. The van der Waals surface area contributed by atoms with Crippen LogP contribution in [0.2, 0.25) is 0 Å². The molecule has 2 heterocycles. The van der Waals surface area contributed by atoms with Gasteiger partial charge in [-0.1, -0.05) is 11.3 Å². The van der Waals surface area contributed by atoms with Gasteiger partial charge in [0.15, 0.2) is 5.69 Å². The summed E-state index contributed by atoms with van der Waals surface area (Å²) in [4.78, 5) is 39.1. The van der Waals surface area contributed by atoms with Crippen molar-refractivity contribution in [2.45, 2.75) is 6.54 Å². The molecule has 0 aliphatic carbocycles. The maximum Gasteiger partial charge on any atom is 0.358 e. The molecule has 1 N–H and O–H groups in total. The fourth-order valence-electron chi connectivity index (χ4n) is 2.81. The third-order valence-electron chi connectivity index (χ3n) is 4.29. The summed E-state index contributed by atoms with van der Waals surface area (Å²) in [6.07, 6.45) is 1.21. The number of nitrogens with zero attached hydrogens (tertiary/aromatic N) is 5. The van der Waals surface area contributed by atoms with Gasteiger partial charge in [0.25, 0.3) is 5.91 Å². The average molecular weight is 373 g/mol. The molecule has 10 heteroatoms. The van der Waals surface area contributed by atoms with Crippen LogP contribution in [-0.4, -0.2) is 81.0 Å². The Hall–Kier alpha value is -3.43. The number of piperazine rings is 1. The minimum absolute atomic E-state index is 0.0931. The number of hydrogen-bond donors (Lipinski definition) is 1. The second kappa shape index (κ2) is 7.85. The van der Waals surface area contributed by atoms with Gasteiger partial charge >= 0.3 is 5.97 Å². The van der Waals surface area contributed by atoms with Gasteiger partial charge in [-0.15, -0.1) is 5.10 Å². The van der Waals surface area contributed by atoms with Crippen molar-refractivity contribution in [1.82, 2.24) is 24.8 Å². The molecule has 1 aliphatic rings. The molecule has 1 aromatic heterocycles. The molecule has 1 aromatic carbocycles. The van der Waals surface area contributed by atoms with Crippen molar-refractivity contribution in [3.63, 3.8) is 0 Å². The molecule has 1 saturated heterocycles. The molecule has 1 aliphatic heterocycles. The van der Waals surface area contributed by atoms with Crippen LogP contribution in [-0.2, 0) is 11.3 Å². The van der Waals surface area contributed by atoms with E-state index in [2.05, 4.69) is 10.3 Å². The normalized spacial score (nSPS) is 14.1. The summed E-state index contributed by atoms with van der Waals surface area (Å²) < 4.78 is 6.33. The number of carbonyl (C=O) groups excluding carboxylic acids is 2. The lowest BCUT2D eigenvalue weighted by Gasteiger charge is -2.34. The zero-order chi connectivity index (χ0) is 19.4. The van der Waals surface area contributed by atoms with E-state index < -0.39 is 5.97 Å². The van der Waals surface area contributed by atoms with E-state index in [-0.39, 0.29) is 24.1 Å². The van der Waals surface area contributed by atoms with Gasteiger partial charge in [0.1, 0.15) is 12.3 Å². The summed E-state index contributed by atoms with van der Waals surface area (Å²) in [5.74, 6) is -0.893. The Bertz CT molecular complexity index is 857. The van der Waals surface area contributed by atoms with Gasteiger partial charge in [-0.05, 0) is 18.2 Å². The molecule has 0 atom stereocenters. The van der Waals surface area contributed by atoms with Gasteiger partial charge < -0.3 is 19.6 Å². The van der Waals surface area contributed by atoms with Gasteiger partial charge in [0, 0.05) is 31.7 Å². The number of benzene rings is 1. The highest BCUT2D eigenvalue weighted by Crippen LogP contribution is 2.15. The Morgan fingerprint density at radius 3 is 2.48 bits per heavy atom. The molecule has 27 heavy (non-hydrogen) atoms.